The van der Waals surface area contributed by atoms with Crippen molar-refractivity contribution in [1.29, 1.82) is 0 Å². The second-order valence-electron chi connectivity index (χ2n) is 4.86. The van der Waals surface area contributed by atoms with E-state index in [1.165, 1.54) is 11.3 Å². The van der Waals surface area contributed by atoms with Crippen LogP contribution in [-0.4, -0.2) is 17.4 Å². The van der Waals surface area contributed by atoms with E-state index in [2.05, 4.69) is 24.1 Å². The van der Waals surface area contributed by atoms with Gasteiger partial charge in [0.25, 0.3) is 5.91 Å². The smallest absolute Gasteiger partial charge is 0.275 e. The fourth-order valence-corrected chi connectivity index (χ4v) is 2.75. The summed E-state index contributed by atoms with van der Waals surface area (Å²) in [5.74, 6) is 0.187. The highest BCUT2D eigenvalue weighted by atomic mass is 35.5. The summed E-state index contributed by atoms with van der Waals surface area (Å²) in [7, 11) is 0. The molecular weight excluding hydrogens is 306 g/mol. The lowest BCUT2D eigenvalue weighted by Gasteiger charge is -2.12. The van der Waals surface area contributed by atoms with Crippen molar-refractivity contribution in [2.45, 2.75) is 26.2 Å². The van der Waals surface area contributed by atoms with E-state index in [1.54, 1.807) is 5.38 Å². The summed E-state index contributed by atoms with van der Waals surface area (Å²) in [6, 6.07) is 7.84. The van der Waals surface area contributed by atoms with E-state index in [-0.39, 0.29) is 18.3 Å². The molecule has 0 fully saturated rings. The zero-order chi connectivity index (χ0) is 14.5. The third-order valence-electron chi connectivity index (χ3n) is 2.97. The molecule has 1 aromatic carbocycles. The van der Waals surface area contributed by atoms with Crippen LogP contribution in [0, 0.1) is 0 Å². The SMILES string of the molecule is CC(C)c1ccccc1NC(=O)c1csc(CCN)n1.Cl. The first-order chi connectivity index (χ1) is 9.61. The first-order valence-corrected chi connectivity index (χ1v) is 7.54. The molecule has 1 aromatic heterocycles. The number of aromatic nitrogens is 1. The van der Waals surface area contributed by atoms with Crippen molar-refractivity contribution in [2.75, 3.05) is 11.9 Å². The Hall–Kier alpha value is -1.43. The summed E-state index contributed by atoms with van der Waals surface area (Å²) in [6.45, 7) is 4.76. The monoisotopic (exact) mass is 325 g/mol. The van der Waals surface area contributed by atoms with E-state index < -0.39 is 0 Å². The fraction of sp³-hybridized carbons (Fsp3) is 0.333. The maximum Gasteiger partial charge on any atom is 0.275 e. The van der Waals surface area contributed by atoms with E-state index in [1.807, 2.05) is 24.3 Å². The number of carbonyl (C=O) groups excluding carboxylic acids is 1. The normalized spacial score (nSPS) is 10.3. The fourth-order valence-electron chi connectivity index (χ4n) is 1.95. The van der Waals surface area contributed by atoms with Crippen LogP contribution in [0.4, 0.5) is 5.69 Å². The Morgan fingerprint density at radius 1 is 1.38 bits per heavy atom. The molecule has 0 saturated heterocycles. The van der Waals surface area contributed by atoms with Gasteiger partial charge in [-0.1, -0.05) is 32.0 Å². The van der Waals surface area contributed by atoms with Crippen molar-refractivity contribution in [3.8, 4) is 0 Å². The van der Waals surface area contributed by atoms with E-state index >= 15 is 0 Å². The molecule has 114 valence electrons. The number of nitrogens with zero attached hydrogens (tertiary/aromatic N) is 1. The van der Waals surface area contributed by atoms with Gasteiger partial charge in [0.15, 0.2) is 0 Å². The highest BCUT2D eigenvalue weighted by Crippen LogP contribution is 2.24. The molecule has 0 unspecified atom stereocenters. The number of nitrogens with one attached hydrogen (secondary N) is 1. The van der Waals surface area contributed by atoms with E-state index in [0.29, 0.717) is 24.6 Å². The molecule has 2 rings (SSSR count). The van der Waals surface area contributed by atoms with Crippen LogP contribution < -0.4 is 11.1 Å². The Kier molecular flexibility index (Phi) is 6.81. The summed E-state index contributed by atoms with van der Waals surface area (Å²) in [5, 5.41) is 5.61. The Balaban J connectivity index is 0.00000220. The Morgan fingerprint density at radius 3 is 2.76 bits per heavy atom. The van der Waals surface area contributed by atoms with Crippen LogP contribution in [0.3, 0.4) is 0 Å². The highest BCUT2D eigenvalue weighted by Gasteiger charge is 2.13. The third-order valence-corrected chi connectivity index (χ3v) is 3.88. The molecule has 4 nitrogen and oxygen atoms in total. The highest BCUT2D eigenvalue weighted by molar-refractivity contribution is 7.09. The van der Waals surface area contributed by atoms with Crippen molar-refractivity contribution in [3.63, 3.8) is 0 Å². The van der Waals surface area contributed by atoms with Crippen LogP contribution in [-0.2, 0) is 6.42 Å². The molecule has 3 N–H and O–H groups in total. The molecule has 21 heavy (non-hydrogen) atoms. The number of carbonyl (C=O) groups is 1. The average Bonchev–Trinajstić information content (AvgIpc) is 2.88. The van der Waals surface area contributed by atoms with Crippen LogP contribution in [0.1, 0.15) is 40.8 Å². The number of amides is 1. The van der Waals surface area contributed by atoms with Gasteiger partial charge in [-0.05, 0) is 24.1 Å². The van der Waals surface area contributed by atoms with Gasteiger partial charge in [-0.25, -0.2) is 4.98 Å². The third kappa shape index (κ3) is 4.52. The number of rotatable bonds is 5. The minimum Gasteiger partial charge on any atom is -0.330 e. The van der Waals surface area contributed by atoms with Crippen LogP contribution in [0.25, 0.3) is 0 Å². The van der Waals surface area contributed by atoms with Crippen molar-refractivity contribution in [3.05, 3.63) is 45.9 Å². The van der Waals surface area contributed by atoms with E-state index in [9.17, 15) is 4.79 Å². The minimum atomic E-state index is -0.169. The molecular formula is C15H20ClN3OS. The van der Waals surface area contributed by atoms with Crippen molar-refractivity contribution < 1.29 is 4.79 Å². The van der Waals surface area contributed by atoms with Gasteiger partial charge < -0.3 is 11.1 Å². The molecule has 0 aliphatic heterocycles. The van der Waals surface area contributed by atoms with Crippen LogP contribution in [0.5, 0.6) is 0 Å². The number of hydrogen-bond acceptors (Lipinski definition) is 4. The number of nitrogens with two attached hydrogens (primary N) is 1. The molecule has 0 aliphatic carbocycles. The molecule has 2 aromatic rings. The lowest BCUT2D eigenvalue weighted by atomic mass is 10.0. The summed E-state index contributed by atoms with van der Waals surface area (Å²) in [5.41, 5.74) is 7.92. The molecule has 0 saturated carbocycles. The lowest BCUT2D eigenvalue weighted by molar-refractivity contribution is 0.102. The molecule has 1 heterocycles. The molecule has 0 spiro atoms. The maximum atomic E-state index is 12.2. The second-order valence-corrected chi connectivity index (χ2v) is 5.80. The zero-order valence-corrected chi connectivity index (χ0v) is 13.8. The van der Waals surface area contributed by atoms with Gasteiger partial charge in [0.2, 0.25) is 0 Å². The van der Waals surface area contributed by atoms with Crippen LogP contribution in [0.15, 0.2) is 29.6 Å². The Labute approximate surface area is 135 Å². The second kappa shape index (κ2) is 8.12. The maximum absolute atomic E-state index is 12.2. The number of benzene rings is 1. The number of para-hydroxylation sites is 1. The lowest BCUT2D eigenvalue weighted by Crippen LogP contribution is -2.14. The van der Waals surface area contributed by atoms with Gasteiger partial charge in [-0.3, -0.25) is 4.79 Å². The van der Waals surface area contributed by atoms with Gasteiger partial charge in [0.05, 0.1) is 5.01 Å². The predicted octanol–water partition coefficient (Wildman–Crippen LogP) is 3.44. The standard InChI is InChI=1S/C15H19N3OS.ClH/c1-10(2)11-5-3-4-6-12(11)18-15(19)13-9-20-14(17-13)7-8-16;/h3-6,9-10H,7-8,16H2,1-2H3,(H,18,19);1H. The van der Waals surface area contributed by atoms with E-state index in [4.69, 9.17) is 5.73 Å². The largest absolute Gasteiger partial charge is 0.330 e. The van der Waals surface area contributed by atoms with Crippen molar-refractivity contribution in [1.82, 2.24) is 4.98 Å². The summed E-state index contributed by atoms with van der Waals surface area (Å²) >= 11 is 1.47. The van der Waals surface area contributed by atoms with Gasteiger partial charge in [-0.15, -0.1) is 23.7 Å². The molecule has 0 aliphatic rings. The predicted molar refractivity (Wildman–Crippen MR) is 90.6 cm³/mol. The van der Waals surface area contributed by atoms with Gasteiger partial charge >= 0.3 is 0 Å². The number of thiazole rings is 1. The van der Waals surface area contributed by atoms with Crippen LogP contribution >= 0.6 is 23.7 Å². The first kappa shape index (κ1) is 17.6. The van der Waals surface area contributed by atoms with Gasteiger partial charge in [0.1, 0.15) is 5.69 Å². The first-order valence-electron chi connectivity index (χ1n) is 6.66. The van der Waals surface area contributed by atoms with Crippen molar-refractivity contribution in [2.24, 2.45) is 5.73 Å². The quantitative estimate of drug-likeness (QED) is 0.884. The van der Waals surface area contributed by atoms with Gasteiger partial charge in [0, 0.05) is 17.5 Å². The summed E-state index contributed by atoms with van der Waals surface area (Å²) in [6.07, 6.45) is 0.709. The topological polar surface area (TPSA) is 68.0 Å². The van der Waals surface area contributed by atoms with Crippen molar-refractivity contribution >= 4 is 35.3 Å². The number of hydrogen-bond donors (Lipinski definition) is 2. The molecule has 1 amide bonds. The Morgan fingerprint density at radius 2 is 2.10 bits per heavy atom. The number of anilines is 1. The average molecular weight is 326 g/mol. The molecule has 0 bridgehead atoms. The number of halogens is 1. The minimum absolute atomic E-state index is 0. The Bertz CT molecular complexity index is 598. The molecule has 0 atom stereocenters. The molecule has 0 radical (unpaired) electrons. The summed E-state index contributed by atoms with van der Waals surface area (Å²) in [4.78, 5) is 16.5. The molecule has 6 heteroatoms. The summed E-state index contributed by atoms with van der Waals surface area (Å²) < 4.78 is 0. The van der Waals surface area contributed by atoms with Gasteiger partial charge in [-0.2, -0.15) is 0 Å². The zero-order valence-electron chi connectivity index (χ0n) is 12.1. The van der Waals surface area contributed by atoms with E-state index in [0.717, 1.165) is 16.3 Å². The van der Waals surface area contributed by atoms with Crippen LogP contribution in [0.2, 0.25) is 0 Å².